The first-order chi connectivity index (χ1) is 15.0. The lowest BCUT2D eigenvalue weighted by atomic mass is 10.0. The average molecular weight is 437 g/mol. The quantitative estimate of drug-likeness (QED) is 0.388. The molecule has 5 nitrogen and oxygen atoms in total. The number of methoxy groups -OCH3 is 1. The first kappa shape index (κ1) is 21.9. The number of nitrogens with zero attached hydrogens (tertiary/aromatic N) is 1. The molecule has 7 heteroatoms. The number of hydrogen-bond donors (Lipinski definition) is 1. The van der Waals surface area contributed by atoms with Gasteiger partial charge in [0, 0.05) is 21.8 Å². The zero-order valence-corrected chi connectivity index (χ0v) is 17.3. The van der Waals surface area contributed by atoms with Crippen LogP contribution in [0, 0.1) is 17.1 Å². The van der Waals surface area contributed by atoms with Gasteiger partial charge in [-0.2, -0.15) is 5.26 Å². The lowest BCUT2D eigenvalue weighted by molar-refractivity contribution is -0.118. The van der Waals surface area contributed by atoms with Crippen molar-refractivity contribution in [1.29, 1.82) is 5.26 Å². The molecular formula is C24H18ClFN2O3. The van der Waals surface area contributed by atoms with Crippen LogP contribution in [0.15, 0.2) is 66.7 Å². The number of carbonyl (C=O) groups excluding carboxylic acids is 1. The van der Waals surface area contributed by atoms with Crippen molar-refractivity contribution >= 4 is 34.8 Å². The van der Waals surface area contributed by atoms with E-state index in [9.17, 15) is 14.4 Å². The highest BCUT2D eigenvalue weighted by Crippen LogP contribution is 2.34. The average Bonchev–Trinajstić information content (AvgIpc) is 2.78. The molecule has 0 saturated heterocycles. The lowest BCUT2D eigenvalue weighted by Gasteiger charge is -2.14. The Morgan fingerprint density at radius 2 is 1.87 bits per heavy atom. The Kier molecular flexibility index (Phi) is 7.26. The first-order valence-electron chi connectivity index (χ1n) is 9.23. The van der Waals surface area contributed by atoms with Crippen LogP contribution in [-0.2, 0) is 4.79 Å². The smallest absolute Gasteiger partial charge is 0.262 e. The van der Waals surface area contributed by atoms with E-state index in [0.29, 0.717) is 38.9 Å². The van der Waals surface area contributed by atoms with E-state index in [4.69, 9.17) is 21.1 Å². The van der Waals surface area contributed by atoms with Crippen LogP contribution in [0.1, 0.15) is 11.1 Å². The number of nitrogens with one attached hydrogen (secondary N) is 1. The summed E-state index contributed by atoms with van der Waals surface area (Å²) in [4.78, 5) is 12.3. The Labute approximate surface area is 184 Å². The van der Waals surface area contributed by atoms with Crippen molar-refractivity contribution in [2.24, 2.45) is 0 Å². The molecule has 3 aromatic carbocycles. The molecule has 0 radical (unpaired) electrons. The minimum absolute atomic E-state index is 0.305. The summed E-state index contributed by atoms with van der Waals surface area (Å²) >= 11 is 6.23. The molecule has 0 bridgehead atoms. The molecule has 0 unspecified atom stereocenters. The van der Waals surface area contributed by atoms with Crippen molar-refractivity contribution in [3.63, 3.8) is 0 Å². The monoisotopic (exact) mass is 436 g/mol. The third-order valence-electron chi connectivity index (χ3n) is 4.29. The number of carbonyl (C=O) groups is 1. The predicted octanol–water partition coefficient (Wildman–Crippen LogP) is 5.57. The fraction of sp³-hybridized carbons (Fsp3) is 0.0833. The Hall–Kier alpha value is -3.82. The Morgan fingerprint density at radius 3 is 2.55 bits per heavy atom. The number of para-hydroxylation sites is 1. The van der Waals surface area contributed by atoms with Gasteiger partial charge in [0.05, 0.1) is 18.8 Å². The van der Waals surface area contributed by atoms with Crippen molar-refractivity contribution in [3.8, 4) is 17.6 Å². The van der Waals surface area contributed by atoms with Crippen LogP contribution in [0.25, 0.3) is 11.6 Å². The van der Waals surface area contributed by atoms with E-state index in [1.807, 2.05) is 0 Å². The maximum Gasteiger partial charge on any atom is 0.262 e. The molecular weight excluding hydrogens is 419 g/mol. The number of nitriles is 1. The Morgan fingerprint density at radius 1 is 1.13 bits per heavy atom. The Balaban J connectivity index is 1.85. The molecule has 0 atom stereocenters. The molecule has 0 aliphatic carbocycles. The van der Waals surface area contributed by atoms with E-state index in [0.717, 1.165) is 0 Å². The van der Waals surface area contributed by atoms with Gasteiger partial charge in [-0.15, -0.1) is 0 Å². The van der Waals surface area contributed by atoms with Crippen molar-refractivity contribution in [3.05, 3.63) is 88.7 Å². The zero-order chi connectivity index (χ0) is 22.2. The first-order valence-corrected chi connectivity index (χ1v) is 9.61. The summed E-state index contributed by atoms with van der Waals surface area (Å²) in [5, 5.41) is 12.7. The summed E-state index contributed by atoms with van der Waals surface area (Å²) in [5.74, 6) is -0.121. The summed E-state index contributed by atoms with van der Waals surface area (Å²) in [6, 6.07) is 19.7. The van der Waals surface area contributed by atoms with Gasteiger partial charge in [-0.25, -0.2) is 4.39 Å². The van der Waals surface area contributed by atoms with Crippen LogP contribution in [0.3, 0.4) is 0 Å². The van der Waals surface area contributed by atoms with Gasteiger partial charge in [0.2, 0.25) is 0 Å². The van der Waals surface area contributed by atoms with Crippen LogP contribution in [0.4, 0.5) is 10.1 Å². The molecule has 0 fully saturated rings. The number of anilines is 1. The molecule has 0 spiro atoms. The standard InChI is InChI=1S/C24H18ClFN2O3/c1-30-22-8-4-5-16(13-17(14-27)20-6-2-3-7-21(20)25)24(22)31-15-23(29)28-19-11-9-18(26)10-12-19/h2-13H,15H2,1H3,(H,28,29). The number of amides is 1. The van der Waals surface area contributed by atoms with Gasteiger partial charge in [0.1, 0.15) is 5.82 Å². The summed E-state index contributed by atoms with van der Waals surface area (Å²) in [5.41, 5.74) is 1.90. The minimum atomic E-state index is -0.431. The van der Waals surface area contributed by atoms with Gasteiger partial charge in [0.25, 0.3) is 5.91 Å². The highest BCUT2D eigenvalue weighted by molar-refractivity contribution is 6.32. The van der Waals surface area contributed by atoms with Crippen molar-refractivity contribution < 1.29 is 18.7 Å². The molecule has 1 amide bonds. The molecule has 3 aromatic rings. The fourth-order valence-corrected chi connectivity index (χ4v) is 3.07. The second-order valence-corrected chi connectivity index (χ2v) is 6.78. The van der Waals surface area contributed by atoms with Gasteiger partial charge in [-0.1, -0.05) is 41.9 Å². The summed E-state index contributed by atoms with van der Waals surface area (Å²) in [6.45, 7) is -0.313. The van der Waals surface area contributed by atoms with Crippen molar-refractivity contribution in [2.75, 3.05) is 19.0 Å². The number of ether oxygens (including phenoxy) is 2. The van der Waals surface area contributed by atoms with Crippen LogP contribution in [-0.4, -0.2) is 19.6 Å². The van der Waals surface area contributed by atoms with E-state index in [1.54, 1.807) is 48.5 Å². The van der Waals surface area contributed by atoms with Crippen molar-refractivity contribution in [1.82, 2.24) is 0 Å². The normalized spacial score (nSPS) is 10.8. The van der Waals surface area contributed by atoms with E-state index in [1.165, 1.54) is 31.4 Å². The minimum Gasteiger partial charge on any atom is -0.493 e. The summed E-state index contributed by atoms with van der Waals surface area (Å²) in [7, 11) is 1.48. The van der Waals surface area contributed by atoms with Crippen molar-refractivity contribution in [2.45, 2.75) is 0 Å². The molecule has 0 heterocycles. The fourth-order valence-electron chi connectivity index (χ4n) is 2.84. The topological polar surface area (TPSA) is 71.3 Å². The van der Waals surface area contributed by atoms with E-state index in [-0.39, 0.29) is 6.61 Å². The maximum absolute atomic E-state index is 13.0. The third-order valence-corrected chi connectivity index (χ3v) is 4.62. The molecule has 0 aliphatic rings. The molecule has 0 aromatic heterocycles. The van der Waals surface area contributed by atoms with Crippen LogP contribution < -0.4 is 14.8 Å². The predicted molar refractivity (Wildman–Crippen MR) is 118 cm³/mol. The molecule has 1 N–H and O–H groups in total. The largest absolute Gasteiger partial charge is 0.493 e. The number of halogens is 2. The van der Waals surface area contributed by atoms with Crippen LogP contribution in [0.2, 0.25) is 5.02 Å². The van der Waals surface area contributed by atoms with Gasteiger partial charge in [-0.05, 0) is 42.5 Å². The lowest BCUT2D eigenvalue weighted by Crippen LogP contribution is -2.20. The highest BCUT2D eigenvalue weighted by atomic mass is 35.5. The second kappa shape index (κ2) is 10.3. The molecule has 31 heavy (non-hydrogen) atoms. The number of rotatable bonds is 7. The molecule has 3 rings (SSSR count). The zero-order valence-electron chi connectivity index (χ0n) is 16.6. The van der Waals surface area contributed by atoms with Gasteiger partial charge >= 0.3 is 0 Å². The van der Waals surface area contributed by atoms with Crippen LogP contribution >= 0.6 is 11.6 Å². The van der Waals surface area contributed by atoms with Gasteiger partial charge in [-0.3, -0.25) is 4.79 Å². The van der Waals surface area contributed by atoms with Gasteiger partial charge in [0.15, 0.2) is 18.1 Å². The highest BCUT2D eigenvalue weighted by Gasteiger charge is 2.14. The van der Waals surface area contributed by atoms with Gasteiger partial charge < -0.3 is 14.8 Å². The Bertz CT molecular complexity index is 1150. The maximum atomic E-state index is 13.0. The number of hydrogen-bond acceptors (Lipinski definition) is 4. The second-order valence-electron chi connectivity index (χ2n) is 6.37. The van der Waals surface area contributed by atoms with E-state index >= 15 is 0 Å². The third kappa shape index (κ3) is 5.62. The van der Waals surface area contributed by atoms with E-state index < -0.39 is 11.7 Å². The molecule has 156 valence electrons. The molecule has 0 saturated carbocycles. The number of benzene rings is 3. The summed E-state index contributed by atoms with van der Waals surface area (Å²) in [6.07, 6.45) is 1.62. The summed E-state index contributed by atoms with van der Waals surface area (Å²) < 4.78 is 24.1. The SMILES string of the molecule is COc1cccc(C=C(C#N)c2ccccc2Cl)c1OCC(=O)Nc1ccc(F)cc1. The van der Waals surface area contributed by atoms with E-state index in [2.05, 4.69) is 11.4 Å². The number of allylic oxidation sites excluding steroid dienone is 1. The van der Waals surface area contributed by atoms with Crippen LogP contribution in [0.5, 0.6) is 11.5 Å². The molecule has 0 aliphatic heterocycles.